The molecule has 3 N–H and O–H groups in total. The molecule has 1 unspecified atom stereocenters. The van der Waals surface area contributed by atoms with E-state index in [-0.39, 0.29) is 24.8 Å². The van der Waals surface area contributed by atoms with Gasteiger partial charge in [-0.25, -0.2) is 4.79 Å². The molecule has 2 aromatic carbocycles. The lowest BCUT2D eigenvalue weighted by atomic mass is 10.2. The van der Waals surface area contributed by atoms with Crippen LogP contribution in [0.4, 0.5) is 5.69 Å². The highest BCUT2D eigenvalue weighted by Crippen LogP contribution is 2.13. The first kappa shape index (κ1) is 17.3. The maximum Gasteiger partial charge on any atom is 0.330 e. The maximum absolute atomic E-state index is 12.2. The second kappa shape index (κ2) is 8.57. The molecule has 0 bridgehead atoms. The van der Waals surface area contributed by atoms with Gasteiger partial charge in [-0.05, 0) is 43.3 Å². The SMILES string of the molecule is CCOC(=O)C(CNc1ccc(O)cc1)NC(=O)c1ccccc1. The molecule has 0 spiro atoms. The number of benzene rings is 2. The Bertz CT molecular complexity index is 671. The van der Waals surface area contributed by atoms with Gasteiger partial charge in [0.2, 0.25) is 0 Å². The van der Waals surface area contributed by atoms with Crippen LogP contribution in [0.15, 0.2) is 54.6 Å². The molecule has 2 aromatic rings. The highest BCUT2D eigenvalue weighted by molar-refractivity contribution is 5.96. The predicted octanol–water partition coefficient (Wildman–Crippen LogP) is 2.17. The minimum absolute atomic E-state index is 0.153. The Morgan fingerprint density at radius 3 is 2.38 bits per heavy atom. The Labute approximate surface area is 140 Å². The van der Waals surface area contributed by atoms with Crippen LogP contribution < -0.4 is 10.6 Å². The summed E-state index contributed by atoms with van der Waals surface area (Å²) in [6, 6.07) is 14.3. The van der Waals surface area contributed by atoms with Gasteiger partial charge < -0.3 is 20.5 Å². The minimum Gasteiger partial charge on any atom is -0.508 e. The number of rotatable bonds is 7. The van der Waals surface area contributed by atoms with Gasteiger partial charge in [0, 0.05) is 17.8 Å². The first-order valence-corrected chi connectivity index (χ1v) is 7.65. The average molecular weight is 328 g/mol. The van der Waals surface area contributed by atoms with Gasteiger partial charge in [0.25, 0.3) is 5.91 Å². The largest absolute Gasteiger partial charge is 0.508 e. The first-order chi connectivity index (χ1) is 11.6. The zero-order valence-electron chi connectivity index (χ0n) is 13.4. The standard InChI is InChI=1S/C18H20N2O4/c1-2-24-18(23)16(12-19-14-8-10-15(21)11-9-14)20-17(22)13-6-4-3-5-7-13/h3-11,16,19,21H,2,12H2,1H3,(H,20,22). The molecule has 2 rings (SSSR count). The highest BCUT2D eigenvalue weighted by atomic mass is 16.5. The van der Waals surface area contributed by atoms with Crippen molar-refractivity contribution in [2.45, 2.75) is 13.0 Å². The fourth-order valence-electron chi connectivity index (χ4n) is 2.07. The highest BCUT2D eigenvalue weighted by Gasteiger charge is 2.22. The van der Waals surface area contributed by atoms with Crippen LogP contribution in [0.25, 0.3) is 0 Å². The Balaban J connectivity index is 2.02. The maximum atomic E-state index is 12.2. The lowest BCUT2D eigenvalue weighted by Gasteiger charge is -2.18. The molecule has 126 valence electrons. The van der Waals surface area contributed by atoms with E-state index in [1.54, 1.807) is 43.3 Å². The molecule has 0 saturated carbocycles. The van der Waals surface area contributed by atoms with E-state index in [4.69, 9.17) is 4.74 Å². The minimum atomic E-state index is -0.827. The van der Waals surface area contributed by atoms with Crippen molar-refractivity contribution in [3.8, 4) is 5.75 Å². The molecule has 0 aliphatic rings. The van der Waals surface area contributed by atoms with Crippen LogP contribution in [0.3, 0.4) is 0 Å². The van der Waals surface area contributed by atoms with Gasteiger partial charge in [0.05, 0.1) is 6.61 Å². The van der Waals surface area contributed by atoms with Gasteiger partial charge in [-0.3, -0.25) is 4.79 Å². The molecule has 0 saturated heterocycles. The van der Waals surface area contributed by atoms with Crippen LogP contribution in [-0.4, -0.2) is 36.2 Å². The third-order valence-corrected chi connectivity index (χ3v) is 3.29. The van der Waals surface area contributed by atoms with Crippen LogP contribution in [0.5, 0.6) is 5.75 Å². The second-order valence-electron chi connectivity index (χ2n) is 5.07. The summed E-state index contributed by atoms with van der Waals surface area (Å²) in [5.74, 6) is -0.700. The number of esters is 1. The van der Waals surface area contributed by atoms with E-state index in [0.29, 0.717) is 5.56 Å². The van der Waals surface area contributed by atoms with E-state index in [1.165, 1.54) is 12.1 Å². The molecule has 0 radical (unpaired) electrons. The predicted molar refractivity (Wildman–Crippen MR) is 90.9 cm³/mol. The van der Waals surface area contributed by atoms with Crippen molar-refractivity contribution in [3.63, 3.8) is 0 Å². The molecule has 6 heteroatoms. The van der Waals surface area contributed by atoms with Crippen molar-refractivity contribution in [2.24, 2.45) is 0 Å². The number of amides is 1. The molecule has 6 nitrogen and oxygen atoms in total. The fraction of sp³-hybridized carbons (Fsp3) is 0.222. The molecule has 1 amide bonds. The van der Waals surface area contributed by atoms with E-state index in [1.807, 2.05) is 6.07 Å². The summed E-state index contributed by atoms with van der Waals surface area (Å²) in [5.41, 5.74) is 1.19. The van der Waals surface area contributed by atoms with Crippen LogP contribution in [0.2, 0.25) is 0 Å². The van der Waals surface area contributed by atoms with Gasteiger partial charge in [0.15, 0.2) is 0 Å². The number of hydrogen-bond acceptors (Lipinski definition) is 5. The monoisotopic (exact) mass is 328 g/mol. The molecule has 0 heterocycles. The number of aromatic hydroxyl groups is 1. The zero-order valence-corrected chi connectivity index (χ0v) is 13.4. The number of phenols is 1. The number of ether oxygens (including phenoxy) is 1. The van der Waals surface area contributed by atoms with Gasteiger partial charge in [-0.15, -0.1) is 0 Å². The Kier molecular flexibility index (Phi) is 6.19. The van der Waals surface area contributed by atoms with Gasteiger partial charge in [0.1, 0.15) is 11.8 Å². The molecule has 0 aliphatic carbocycles. The fourth-order valence-corrected chi connectivity index (χ4v) is 2.07. The van der Waals surface area contributed by atoms with Crippen molar-refractivity contribution in [1.82, 2.24) is 5.32 Å². The summed E-state index contributed by atoms with van der Waals surface area (Å²) < 4.78 is 5.01. The van der Waals surface area contributed by atoms with Gasteiger partial charge in [-0.1, -0.05) is 18.2 Å². The average Bonchev–Trinajstić information content (AvgIpc) is 2.60. The van der Waals surface area contributed by atoms with Crippen LogP contribution in [0.1, 0.15) is 17.3 Å². The van der Waals surface area contributed by atoms with E-state index in [9.17, 15) is 14.7 Å². The summed E-state index contributed by atoms with van der Waals surface area (Å²) in [6.45, 7) is 2.11. The van der Waals surface area contributed by atoms with E-state index in [0.717, 1.165) is 5.69 Å². The Morgan fingerprint density at radius 1 is 1.08 bits per heavy atom. The van der Waals surface area contributed by atoms with Crippen molar-refractivity contribution in [2.75, 3.05) is 18.5 Å². The number of carbonyl (C=O) groups is 2. The summed E-state index contributed by atoms with van der Waals surface area (Å²) >= 11 is 0. The summed E-state index contributed by atoms with van der Waals surface area (Å²) in [7, 11) is 0. The topological polar surface area (TPSA) is 87.7 Å². The Hall–Kier alpha value is -3.02. The van der Waals surface area contributed by atoms with E-state index >= 15 is 0 Å². The lowest BCUT2D eigenvalue weighted by Crippen LogP contribution is -2.46. The third-order valence-electron chi connectivity index (χ3n) is 3.29. The third kappa shape index (κ3) is 5.01. The Morgan fingerprint density at radius 2 is 1.75 bits per heavy atom. The number of hydrogen-bond donors (Lipinski definition) is 3. The van der Waals surface area contributed by atoms with Crippen molar-refractivity contribution in [1.29, 1.82) is 0 Å². The van der Waals surface area contributed by atoms with Gasteiger partial charge in [-0.2, -0.15) is 0 Å². The van der Waals surface area contributed by atoms with E-state index < -0.39 is 12.0 Å². The summed E-state index contributed by atoms with van der Waals surface area (Å²) in [5, 5.41) is 15.0. The van der Waals surface area contributed by atoms with Crippen molar-refractivity contribution in [3.05, 3.63) is 60.2 Å². The molecular weight excluding hydrogens is 308 g/mol. The molecule has 0 aromatic heterocycles. The number of anilines is 1. The summed E-state index contributed by atoms with van der Waals surface area (Å²) in [4.78, 5) is 24.3. The van der Waals surface area contributed by atoms with E-state index in [2.05, 4.69) is 10.6 Å². The first-order valence-electron chi connectivity index (χ1n) is 7.65. The van der Waals surface area contributed by atoms with Crippen molar-refractivity contribution >= 4 is 17.6 Å². The molecule has 0 aliphatic heterocycles. The number of carbonyl (C=O) groups excluding carboxylic acids is 2. The zero-order chi connectivity index (χ0) is 17.4. The molecule has 1 atom stereocenters. The molecule has 24 heavy (non-hydrogen) atoms. The van der Waals surface area contributed by atoms with Crippen LogP contribution >= 0.6 is 0 Å². The number of phenolic OH excluding ortho intramolecular Hbond substituents is 1. The van der Waals surface area contributed by atoms with Crippen LogP contribution in [-0.2, 0) is 9.53 Å². The van der Waals surface area contributed by atoms with Crippen molar-refractivity contribution < 1.29 is 19.4 Å². The lowest BCUT2D eigenvalue weighted by molar-refractivity contribution is -0.145. The summed E-state index contributed by atoms with van der Waals surface area (Å²) in [6.07, 6.45) is 0. The normalized spacial score (nSPS) is 11.4. The molecular formula is C18H20N2O4. The molecule has 0 fully saturated rings. The number of nitrogens with one attached hydrogen (secondary N) is 2. The van der Waals surface area contributed by atoms with Crippen LogP contribution in [0, 0.1) is 0 Å². The van der Waals surface area contributed by atoms with Gasteiger partial charge >= 0.3 is 5.97 Å². The second-order valence-corrected chi connectivity index (χ2v) is 5.07. The smallest absolute Gasteiger partial charge is 0.330 e. The quantitative estimate of drug-likeness (QED) is 0.535.